The van der Waals surface area contributed by atoms with Crippen molar-refractivity contribution in [1.82, 2.24) is 0 Å². The lowest BCUT2D eigenvalue weighted by atomic mass is 9.93. The maximum Gasteiger partial charge on any atom is -0.0258 e. The molecule has 0 unspecified atom stereocenters. The van der Waals surface area contributed by atoms with Crippen LogP contribution in [0.15, 0.2) is 11.1 Å². The molecule has 0 fully saturated rings. The summed E-state index contributed by atoms with van der Waals surface area (Å²) in [4.78, 5) is 0. The molecule has 0 heteroatoms. The largest absolute Gasteiger partial charge is 0.0741 e. The molecule has 0 aliphatic heterocycles. The third kappa shape index (κ3) is 3.60. The Morgan fingerprint density at radius 1 is 1.18 bits per heavy atom. The van der Waals surface area contributed by atoms with Crippen LogP contribution in [0.25, 0.3) is 0 Å². The van der Waals surface area contributed by atoms with Gasteiger partial charge in [0.25, 0.3) is 0 Å². The molecular weight excluding hydrogens is 132 g/mol. The summed E-state index contributed by atoms with van der Waals surface area (Å²) < 4.78 is 0. The summed E-state index contributed by atoms with van der Waals surface area (Å²) in [5.41, 5.74) is 3.27. The van der Waals surface area contributed by atoms with E-state index in [1.165, 1.54) is 19.3 Å². The predicted molar refractivity (Wildman–Crippen MR) is 52.7 cm³/mol. The lowest BCUT2D eigenvalue weighted by Crippen LogP contribution is -1.97. The van der Waals surface area contributed by atoms with Crippen molar-refractivity contribution in [3.63, 3.8) is 0 Å². The molecule has 0 saturated carbocycles. The zero-order chi connectivity index (χ0) is 8.85. The van der Waals surface area contributed by atoms with Gasteiger partial charge in [-0.3, -0.25) is 0 Å². The molecule has 0 aliphatic carbocycles. The highest BCUT2D eigenvalue weighted by Gasteiger charge is 2.04. The lowest BCUT2D eigenvalue weighted by Gasteiger charge is -2.13. The van der Waals surface area contributed by atoms with E-state index in [1.54, 1.807) is 11.1 Å². The first-order valence-electron chi connectivity index (χ1n) is 4.81. The van der Waals surface area contributed by atoms with Crippen molar-refractivity contribution in [3.8, 4) is 0 Å². The first kappa shape index (κ1) is 10.7. The van der Waals surface area contributed by atoms with Crippen molar-refractivity contribution >= 4 is 0 Å². The first-order chi connectivity index (χ1) is 5.13. The van der Waals surface area contributed by atoms with Gasteiger partial charge in [-0.15, -0.1) is 0 Å². The molecule has 0 radical (unpaired) electrons. The lowest BCUT2D eigenvalue weighted by molar-refractivity contribution is 0.683. The van der Waals surface area contributed by atoms with Crippen molar-refractivity contribution in [2.24, 2.45) is 5.92 Å². The summed E-state index contributed by atoms with van der Waals surface area (Å²) in [6.45, 7) is 11.4. The summed E-state index contributed by atoms with van der Waals surface area (Å²) in [6, 6.07) is 0. The Labute approximate surface area is 71.7 Å². The summed E-state index contributed by atoms with van der Waals surface area (Å²) in [5, 5.41) is 0. The van der Waals surface area contributed by atoms with Crippen LogP contribution >= 0.6 is 0 Å². The van der Waals surface area contributed by atoms with Crippen molar-refractivity contribution in [1.29, 1.82) is 0 Å². The highest BCUT2D eigenvalue weighted by Crippen LogP contribution is 2.21. The van der Waals surface area contributed by atoms with Crippen LogP contribution in [0.1, 0.15) is 53.9 Å². The zero-order valence-corrected chi connectivity index (χ0v) is 8.70. The summed E-state index contributed by atoms with van der Waals surface area (Å²) in [6.07, 6.45) is 3.79. The Morgan fingerprint density at radius 2 is 1.73 bits per heavy atom. The smallest absolute Gasteiger partial charge is 0.0258 e. The van der Waals surface area contributed by atoms with Crippen LogP contribution in [-0.4, -0.2) is 0 Å². The topological polar surface area (TPSA) is 0 Å². The van der Waals surface area contributed by atoms with Gasteiger partial charge in [-0.25, -0.2) is 0 Å². The second-order valence-electron chi connectivity index (χ2n) is 3.56. The standard InChI is InChI=1S/C11H22/c1-6-8-11(9(3)4)10(5)7-2/h9H,6-8H2,1-5H3. The zero-order valence-electron chi connectivity index (χ0n) is 8.70. The second kappa shape index (κ2) is 5.40. The SMILES string of the molecule is CCCC(=C(C)CC)C(C)C. The molecule has 0 bridgehead atoms. The van der Waals surface area contributed by atoms with Crippen molar-refractivity contribution < 1.29 is 0 Å². The van der Waals surface area contributed by atoms with E-state index >= 15 is 0 Å². The van der Waals surface area contributed by atoms with Crippen LogP contribution in [0.2, 0.25) is 0 Å². The molecule has 0 heterocycles. The minimum atomic E-state index is 0.745. The van der Waals surface area contributed by atoms with Crippen molar-refractivity contribution in [3.05, 3.63) is 11.1 Å². The van der Waals surface area contributed by atoms with Crippen LogP contribution in [0, 0.1) is 5.92 Å². The summed E-state index contributed by atoms with van der Waals surface area (Å²) in [7, 11) is 0. The molecule has 0 saturated heterocycles. The number of rotatable bonds is 4. The van der Waals surface area contributed by atoms with E-state index in [0.717, 1.165) is 5.92 Å². The minimum absolute atomic E-state index is 0.745. The number of hydrogen-bond acceptors (Lipinski definition) is 0. The fourth-order valence-electron chi connectivity index (χ4n) is 1.49. The van der Waals surface area contributed by atoms with Gasteiger partial charge in [0.15, 0.2) is 0 Å². The molecule has 0 aromatic rings. The Hall–Kier alpha value is -0.260. The van der Waals surface area contributed by atoms with E-state index < -0.39 is 0 Å². The Bertz CT molecular complexity index is 129. The third-order valence-corrected chi connectivity index (χ3v) is 2.29. The fourth-order valence-corrected chi connectivity index (χ4v) is 1.49. The normalized spacial score (nSPS) is 13.6. The predicted octanol–water partition coefficient (Wildman–Crippen LogP) is 4.17. The fraction of sp³-hybridized carbons (Fsp3) is 0.818. The molecule has 0 N–H and O–H groups in total. The number of hydrogen-bond donors (Lipinski definition) is 0. The first-order valence-corrected chi connectivity index (χ1v) is 4.81. The highest BCUT2D eigenvalue weighted by molar-refractivity contribution is 5.13. The molecule has 0 atom stereocenters. The van der Waals surface area contributed by atoms with Gasteiger partial charge in [0.05, 0.1) is 0 Å². The third-order valence-electron chi connectivity index (χ3n) is 2.29. The monoisotopic (exact) mass is 154 g/mol. The molecule has 0 amide bonds. The van der Waals surface area contributed by atoms with Crippen LogP contribution in [0.5, 0.6) is 0 Å². The van der Waals surface area contributed by atoms with E-state index in [0.29, 0.717) is 0 Å². The quantitative estimate of drug-likeness (QED) is 0.533. The van der Waals surface area contributed by atoms with Crippen molar-refractivity contribution in [2.45, 2.75) is 53.9 Å². The van der Waals surface area contributed by atoms with Crippen molar-refractivity contribution in [2.75, 3.05) is 0 Å². The molecule has 0 aromatic heterocycles. The summed E-state index contributed by atoms with van der Waals surface area (Å²) in [5.74, 6) is 0.745. The van der Waals surface area contributed by atoms with Gasteiger partial charge in [-0.05, 0) is 25.7 Å². The van der Waals surface area contributed by atoms with Crippen LogP contribution in [0.4, 0.5) is 0 Å². The van der Waals surface area contributed by atoms with Gasteiger partial charge in [0.2, 0.25) is 0 Å². The van der Waals surface area contributed by atoms with E-state index in [4.69, 9.17) is 0 Å². The minimum Gasteiger partial charge on any atom is -0.0741 e. The Morgan fingerprint density at radius 3 is 2.00 bits per heavy atom. The molecular formula is C11H22. The van der Waals surface area contributed by atoms with Crippen LogP contribution in [-0.2, 0) is 0 Å². The Balaban J connectivity index is 4.30. The average Bonchev–Trinajstić information content (AvgIpc) is 1.98. The van der Waals surface area contributed by atoms with E-state index in [9.17, 15) is 0 Å². The van der Waals surface area contributed by atoms with Gasteiger partial charge in [0, 0.05) is 0 Å². The average molecular weight is 154 g/mol. The summed E-state index contributed by atoms with van der Waals surface area (Å²) >= 11 is 0. The van der Waals surface area contributed by atoms with Gasteiger partial charge >= 0.3 is 0 Å². The van der Waals surface area contributed by atoms with Gasteiger partial charge < -0.3 is 0 Å². The molecule has 66 valence electrons. The van der Waals surface area contributed by atoms with Crippen LogP contribution in [0.3, 0.4) is 0 Å². The Kier molecular flexibility index (Phi) is 5.27. The maximum atomic E-state index is 2.30. The van der Waals surface area contributed by atoms with Crippen LogP contribution < -0.4 is 0 Å². The highest BCUT2D eigenvalue weighted by atomic mass is 14.1. The van der Waals surface area contributed by atoms with Gasteiger partial charge in [-0.1, -0.05) is 45.3 Å². The molecule has 0 nitrogen and oxygen atoms in total. The number of allylic oxidation sites excluding steroid dienone is 2. The molecule has 0 rings (SSSR count). The van der Waals surface area contributed by atoms with Gasteiger partial charge in [-0.2, -0.15) is 0 Å². The second-order valence-corrected chi connectivity index (χ2v) is 3.56. The molecule has 0 aliphatic rings. The molecule has 11 heavy (non-hydrogen) atoms. The molecule has 0 spiro atoms. The van der Waals surface area contributed by atoms with Gasteiger partial charge in [0.1, 0.15) is 0 Å². The molecule has 0 aromatic carbocycles. The van der Waals surface area contributed by atoms with E-state index in [1.807, 2.05) is 0 Å². The van der Waals surface area contributed by atoms with E-state index in [2.05, 4.69) is 34.6 Å². The maximum absolute atomic E-state index is 2.30. The van der Waals surface area contributed by atoms with E-state index in [-0.39, 0.29) is 0 Å².